The van der Waals surface area contributed by atoms with E-state index < -0.39 is 20.0 Å². The Morgan fingerprint density at radius 3 is 1.18 bits per heavy atom. The topological polar surface area (TPSA) is 111 Å². The number of phosphoric acid groups is 1. The Morgan fingerprint density at radius 1 is 0.429 bits per heavy atom. The largest absolute Gasteiger partial charge is 0.472 e. The van der Waals surface area contributed by atoms with Crippen LogP contribution in [-0.2, 0) is 27.9 Å². The number of allylic oxidation sites excluding steroid dienone is 19. The molecule has 0 aromatic heterocycles. The highest BCUT2D eigenvalue weighted by atomic mass is 31.2. The number of nitrogens with zero attached hydrogens (tertiary/aromatic N) is 1. The Labute approximate surface area is 518 Å². The molecule has 0 bridgehead atoms. The van der Waals surface area contributed by atoms with Crippen LogP contribution in [0.5, 0.6) is 0 Å². The van der Waals surface area contributed by atoms with Crippen LogP contribution in [0.15, 0.2) is 122 Å². The molecule has 0 rings (SSSR count). The third-order valence-corrected chi connectivity index (χ3v) is 15.6. The highest BCUT2D eigenvalue weighted by Gasteiger charge is 2.30. The van der Waals surface area contributed by atoms with Crippen molar-refractivity contribution >= 4 is 19.7 Å². The van der Waals surface area contributed by atoms with Gasteiger partial charge in [0, 0.05) is 12.8 Å². The molecule has 9 nitrogen and oxygen atoms in total. The standard InChI is InChI=1S/C74H129N2O7P/c1-7-10-13-16-19-22-25-28-30-32-34-35-36-37-38-39-40-41-43-44-46-48-51-54-57-60-63-66-73(77)75-71(70-82-84(79,80)81-69-68-76(4,5)6)72(65-62-59-56-53-50-27-24-21-18-15-12-9-3)83-74(78)67-64-61-58-55-52-49-47-45-42-33-31-29-26-23-20-17-14-11-8-2/h11,14,19-20,22-23,28-31,34-35,37-38,42,45,49,52,62,65,71-72H,7-10,12-13,15-18,21,24-27,32-33,36,39-41,43-44,46-48,50-51,53-61,63-64,66-70H2,1-6H3,(H-,75,77,79,80)/p+1/b14-11-,22-19-,23-20-,30-28-,31-29-,35-34-,38-37-,45-42-,52-49-,65-62-. The normalized spacial score (nSPS) is 14.3. The molecule has 3 atom stereocenters. The second-order valence-electron chi connectivity index (χ2n) is 24.0. The number of rotatable bonds is 61. The number of carbonyl (C=O) groups is 2. The van der Waals surface area contributed by atoms with Crippen molar-refractivity contribution in [1.82, 2.24) is 5.32 Å². The number of phosphoric ester groups is 1. The van der Waals surface area contributed by atoms with Crippen LogP contribution in [0.3, 0.4) is 0 Å². The second kappa shape index (κ2) is 62.5. The molecule has 3 unspecified atom stereocenters. The van der Waals surface area contributed by atoms with Gasteiger partial charge >= 0.3 is 13.8 Å². The molecule has 0 aromatic rings. The summed E-state index contributed by atoms with van der Waals surface area (Å²) in [6, 6.07) is -0.873. The number of unbranched alkanes of at least 4 members (excludes halogenated alkanes) is 27. The van der Waals surface area contributed by atoms with Gasteiger partial charge in [-0.2, -0.15) is 0 Å². The smallest absolute Gasteiger partial charge is 0.456 e. The third kappa shape index (κ3) is 62.9. The lowest BCUT2D eigenvalue weighted by Crippen LogP contribution is -2.47. The molecule has 0 radical (unpaired) electrons. The van der Waals surface area contributed by atoms with E-state index in [9.17, 15) is 19.0 Å². The summed E-state index contributed by atoms with van der Waals surface area (Å²) in [4.78, 5) is 37.8. The first kappa shape index (κ1) is 80.4. The number of quaternary nitrogens is 1. The minimum atomic E-state index is -4.47. The van der Waals surface area contributed by atoms with Crippen molar-refractivity contribution in [3.05, 3.63) is 122 Å². The fraction of sp³-hybridized carbons (Fsp3) is 0.703. The predicted octanol–water partition coefficient (Wildman–Crippen LogP) is 21.8. The van der Waals surface area contributed by atoms with Gasteiger partial charge in [-0.05, 0) is 122 Å². The predicted molar refractivity (Wildman–Crippen MR) is 364 cm³/mol. The summed E-state index contributed by atoms with van der Waals surface area (Å²) in [5.41, 5.74) is 0. The maximum Gasteiger partial charge on any atom is 0.472 e. The van der Waals surface area contributed by atoms with Gasteiger partial charge in [0.15, 0.2) is 0 Å². The van der Waals surface area contributed by atoms with E-state index in [-0.39, 0.29) is 31.5 Å². The molecule has 84 heavy (non-hydrogen) atoms. The van der Waals surface area contributed by atoms with E-state index in [0.29, 0.717) is 23.9 Å². The lowest BCUT2D eigenvalue weighted by molar-refractivity contribution is -0.870. The number of amides is 1. The molecule has 0 aliphatic carbocycles. The van der Waals surface area contributed by atoms with Crippen LogP contribution in [0, 0.1) is 0 Å². The first-order valence-electron chi connectivity index (χ1n) is 34.4. The zero-order valence-electron chi connectivity index (χ0n) is 55.1. The Balaban J connectivity index is 5.15. The zero-order chi connectivity index (χ0) is 61.4. The highest BCUT2D eigenvalue weighted by molar-refractivity contribution is 7.47. The van der Waals surface area contributed by atoms with Gasteiger partial charge in [0.25, 0.3) is 0 Å². The van der Waals surface area contributed by atoms with Crippen LogP contribution < -0.4 is 5.32 Å². The lowest BCUT2D eigenvalue weighted by atomic mass is 10.0. The molecule has 0 spiro atoms. The van der Waals surface area contributed by atoms with E-state index in [1.165, 1.54) is 128 Å². The van der Waals surface area contributed by atoms with Crippen LogP contribution in [0.25, 0.3) is 0 Å². The van der Waals surface area contributed by atoms with Crippen molar-refractivity contribution in [2.24, 2.45) is 0 Å². The second-order valence-corrected chi connectivity index (χ2v) is 25.4. The Morgan fingerprint density at radius 2 is 0.762 bits per heavy atom. The van der Waals surface area contributed by atoms with Crippen LogP contribution in [-0.4, -0.2) is 74.3 Å². The Bertz CT molecular complexity index is 1850. The maximum atomic E-state index is 13.6. The molecule has 0 aliphatic heterocycles. The van der Waals surface area contributed by atoms with Gasteiger partial charge in [-0.3, -0.25) is 18.6 Å². The number of carbonyl (C=O) groups excluding carboxylic acids is 2. The number of ether oxygens (including phenoxy) is 1. The van der Waals surface area contributed by atoms with Crippen LogP contribution in [0.4, 0.5) is 0 Å². The first-order chi connectivity index (χ1) is 40.9. The van der Waals surface area contributed by atoms with Crippen molar-refractivity contribution in [2.75, 3.05) is 40.9 Å². The van der Waals surface area contributed by atoms with Crippen molar-refractivity contribution in [3.63, 3.8) is 0 Å². The van der Waals surface area contributed by atoms with Gasteiger partial charge in [-0.1, -0.05) is 271 Å². The number of esters is 1. The van der Waals surface area contributed by atoms with Gasteiger partial charge in [0.1, 0.15) is 19.3 Å². The third-order valence-electron chi connectivity index (χ3n) is 14.6. The van der Waals surface area contributed by atoms with E-state index in [0.717, 1.165) is 116 Å². The Hall–Kier alpha value is -3.59. The Kier molecular flexibility index (Phi) is 59.8. The molecule has 10 heteroatoms. The lowest BCUT2D eigenvalue weighted by Gasteiger charge is -2.27. The summed E-state index contributed by atoms with van der Waals surface area (Å²) in [6.07, 6.45) is 87.8. The van der Waals surface area contributed by atoms with Crippen molar-refractivity contribution in [2.45, 2.75) is 296 Å². The van der Waals surface area contributed by atoms with Crippen molar-refractivity contribution in [1.29, 1.82) is 0 Å². The average molecular weight is 1190 g/mol. The minimum Gasteiger partial charge on any atom is -0.456 e. The summed E-state index contributed by atoms with van der Waals surface area (Å²) < 4.78 is 30.8. The number of hydrogen-bond donors (Lipinski definition) is 2. The van der Waals surface area contributed by atoms with Crippen molar-refractivity contribution < 1.29 is 37.3 Å². The monoisotopic (exact) mass is 1190 g/mol. The molecule has 0 saturated heterocycles. The SMILES string of the molecule is CC/C=C\C/C=C\C/C=C\C/C=C\C/C=C\CCCCCC(=O)OC(/C=C\CCCCCCCCCCCC)C(COP(=O)(O)OCC[N+](C)(C)C)NC(=O)CCCCCCCCCCCCC/C=C\C/C=C\C/C=C\C/C=C\CCCCC. The average Bonchev–Trinajstić information content (AvgIpc) is 3.65. The van der Waals surface area contributed by atoms with E-state index in [2.05, 4.69) is 135 Å². The van der Waals surface area contributed by atoms with E-state index in [1.807, 2.05) is 33.3 Å². The first-order valence-corrected chi connectivity index (χ1v) is 35.9. The molecule has 482 valence electrons. The molecule has 0 aliphatic rings. The van der Waals surface area contributed by atoms with Crippen LogP contribution in [0.2, 0.25) is 0 Å². The zero-order valence-corrected chi connectivity index (χ0v) is 56.0. The van der Waals surface area contributed by atoms with Gasteiger partial charge in [-0.15, -0.1) is 0 Å². The van der Waals surface area contributed by atoms with Gasteiger partial charge in [0.2, 0.25) is 5.91 Å². The molecular formula is C74H130N2O7P+. The molecule has 0 saturated carbocycles. The fourth-order valence-corrected chi connectivity index (χ4v) is 10.1. The van der Waals surface area contributed by atoms with Gasteiger partial charge in [0.05, 0.1) is 33.8 Å². The van der Waals surface area contributed by atoms with Gasteiger partial charge < -0.3 is 19.4 Å². The highest BCUT2D eigenvalue weighted by Crippen LogP contribution is 2.43. The molecule has 0 heterocycles. The summed E-state index contributed by atoms with van der Waals surface area (Å²) in [5, 5.41) is 3.05. The molecule has 0 fully saturated rings. The van der Waals surface area contributed by atoms with Crippen LogP contribution >= 0.6 is 7.82 Å². The fourth-order valence-electron chi connectivity index (χ4n) is 9.36. The summed E-state index contributed by atoms with van der Waals surface area (Å²) in [7, 11) is 1.46. The number of hydrogen-bond acceptors (Lipinski definition) is 6. The molecular weight excluding hydrogens is 1060 g/mol. The van der Waals surface area contributed by atoms with Crippen LogP contribution in [0.1, 0.15) is 284 Å². The quantitative estimate of drug-likeness (QED) is 0.0205. The summed E-state index contributed by atoms with van der Waals surface area (Å²) >= 11 is 0. The van der Waals surface area contributed by atoms with Gasteiger partial charge in [-0.25, -0.2) is 4.57 Å². The van der Waals surface area contributed by atoms with E-state index in [1.54, 1.807) is 0 Å². The minimum absolute atomic E-state index is 0.0282. The number of likely N-dealkylation sites (N-methyl/N-ethyl adjacent to an activating group) is 1. The molecule has 1 amide bonds. The molecule has 0 aromatic carbocycles. The van der Waals surface area contributed by atoms with E-state index in [4.69, 9.17) is 13.8 Å². The maximum absolute atomic E-state index is 13.6. The summed E-state index contributed by atoms with van der Waals surface area (Å²) in [5.74, 6) is -0.549. The van der Waals surface area contributed by atoms with E-state index >= 15 is 0 Å². The molecule has 2 N–H and O–H groups in total. The summed E-state index contributed by atoms with van der Waals surface area (Å²) in [6.45, 7) is 6.85. The van der Waals surface area contributed by atoms with Crippen molar-refractivity contribution in [3.8, 4) is 0 Å². The number of nitrogens with one attached hydrogen (secondary N) is 1.